The first-order chi connectivity index (χ1) is 50.1. The molecule has 14 aromatic rings. The largest absolute Gasteiger partial charge is 0.115 e. The van der Waals surface area contributed by atoms with Crippen LogP contribution in [0, 0.1) is 148 Å². The highest BCUT2D eigenvalue weighted by Gasteiger charge is 2.25. The zero-order chi connectivity index (χ0) is 70.7. The van der Waals surface area contributed by atoms with Crippen LogP contribution in [0.25, 0.3) is 144 Å². The third kappa shape index (κ3) is 10.8. The van der Waals surface area contributed by atoms with Crippen molar-refractivity contribution in [3.8, 4) is 259 Å². The summed E-state index contributed by atoms with van der Waals surface area (Å²) in [4.78, 5) is 0. The molecule has 0 radical (unpaired) electrons. The molecule has 0 saturated heterocycles. The summed E-state index contributed by atoms with van der Waals surface area (Å²) in [5.74, 6) is 34.6. The second kappa shape index (κ2) is 27.0. The fraction of sp³-hybridized carbons (Fsp3) is 0. The van der Waals surface area contributed by atoms with Crippen molar-refractivity contribution in [3.63, 3.8) is 0 Å². The summed E-state index contributed by atoms with van der Waals surface area (Å²) >= 11 is 0. The molecule has 0 aliphatic heterocycles. The third-order valence-electron chi connectivity index (χ3n) is 19.0. The number of hydrogen-bond donors (Lipinski definition) is 0. The van der Waals surface area contributed by atoms with E-state index in [2.05, 4.69) is 205 Å². The van der Waals surface area contributed by atoms with Gasteiger partial charge in [0.05, 0.1) is 0 Å². The van der Waals surface area contributed by atoms with Gasteiger partial charge in [-0.15, -0.1) is 77.1 Å². The van der Waals surface area contributed by atoms with Crippen molar-refractivity contribution in [1.82, 2.24) is 0 Å². The molecule has 102 heavy (non-hydrogen) atoms. The van der Waals surface area contributed by atoms with E-state index < -0.39 is 0 Å². The van der Waals surface area contributed by atoms with Crippen LogP contribution < -0.4 is 0 Å². The first-order valence-corrected chi connectivity index (χ1v) is 32.4. The van der Waals surface area contributed by atoms with Crippen molar-refractivity contribution in [3.05, 3.63) is 309 Å². The smallest absolute Gasteiger partial charge is 0.0477 e. The molecule has 0 N–H and O–H groups in total. The second-order valence-electron chi connectivity index (χ2n) is 24.2. The molecular weight excluding hydrogens is 1230 g/mol. The van der Waals surface area contributed by atoms with Gasteiger partial charge in [0.15, 0.2) is 0 Å². The van der Waals surface area contributed by atoms with Crippen molar-refractivity contribution in [2.45, 2.75) is 0 Å². The Hall–Kier alpha value is -15.4. The van der Waals surface area contributed by atoms with Gasteiger partial charge in [0.2, 0.25) is 0 Å². The van der Waals surface area contributed by atoms with E-state index in [0.29, 0.717) is 66.8 Å². The fourth-order valence-corrected chi connectivity index (χ4v) is 14.5. The summed E-state index contributed by atoms with van der Waals surface area (Å²) in [6.45, 7) is 0. The lowest BCUT2D eigenvalue weighted by atomic mass is 9.80. The molecule has 0 aromatic heterocycles. The summed E-state index contributed by atoms with van der Waals surface area (Å²) in [5, 5.41) is 5.72. The number of benzene rings is 14. The standard InChI is InChI=1S/C102H52/c1-13-65-36-29-46-86(80(65)19-7)75-57-73(58-76(63-75)87-47-30-37-66(14-2)81(87)20-8)71-56-72(74-59-77(88-48-31-38-67(15-3)82(88)21-9)64-78(60-74)89-49-32-39-68(16-4)83(89)22-10)62-79(61-71)100-94-42-25-27-44-96(94)102(97-45-28-26-43-95(97)100)99-53-35-52-93-92(90-50-33-40-69(17-5)84(90)23-11)54-55-98(101(93)99)91-51-34-41-70(18-6)85(91)24-12/h1-12,25-64H. The maximum Gasteiger partial charge on any atom is 0.0477 e. The van der Waals surface area contributed by atoms with Gasteiger partial charge in [0.1, 0.15) is 0 Å². The van der Waals surface area contributed by atoms with Crippen molar-refractivity contribution >= 4 is 32.3 Å². The molecular formula is C102H52. The molecule has 0 bridgehead atoms. The summed E-state index contributed by atoms with van der Waals surface area (Å²) in [7, 11) is 0. The van der Waals surface area contributed by atoms with E-state index in [9.17, 15) is 0 Å². The van der Waals surface area contributed by atoms with Gasteiger partial charge >= 0.3 is 0 Å². The maximum absolute atomic E-state index is 6.45. The van der Waals surface area contributed by atoms with E-state index in [1.165, 1.54) is 0 Å². The van der Waals surface area contributed by atoms with Gasteiger partial charge in [0.25, 0.3) is 0 Å². The molecule has 0 aliphatic rings. The summed E-state index contributed by atoms with van der Waals surface area (Å²) < 4.78 is 0. The van der Waals surface area contributed by atoms with Crippen LogP contribution in [0.4, 0.5) is 0 Å². The minimum Gasteiger partial charge on any atom is -0.115 e. The summed E-state index contributed by atoms with van der Waals surface area (Å²) in [5.41, 5.74) is 23.7. The molecule has 0 nitrogen and oxygen atoms in total. The Morgan fingerprint density at radius 2 is 0.392 bits per heavy atom. The first-order valence-electron chi connectivity index (χ1n) is 32.4. The van der Waals surface area contributed by atoms with E-state index >= 15 is 0 Å². The highest BCUT2D eigenvalue weighted by molar-refractivity contribution is 6.26. The quantitative estimate of drug-likeness (QED) is 0.0946. The fourth-order valence-electron chi connectivity index (χ4n) is 14.5. The SMILES string of the molecule is C#Cc1cccc(-c2cc(-c3cc(-c4cc(-c5cccc(C#C)c5C#C)cc(-c5cccc(C#C)c5C#C)c4)cc(-c4c5ccccc5c(-c5cccc6c(-c7cccc(C#C)c7C#C)ccc(-c7cccc(C#C)c7C#C)c56)c5ccccc45)c3)cc(-c3cccc(C#C)c3C#C)c2)c1C#C. The van der Waals surface area contributed by atoms with Crippen LogP contribution in [0.15, 0.2) is 243 Å². The number of terminal acetylenes is 12. The van der Waals surface area contributed by atoms with E-state index in [4.69, 9.17) is 77.1 Å². The van der Waals surface area contributed by atoms with Gasteiger partial charge in [-0.25, -0.2) is 0 Å². The van der Waals surface area contributed by atoms with Gasteiger partial charge < -0.3 is 0 Å². The lowest BCUT2D eigenvalue weighted by molar-refractivity contribution is 1.51. The van der Waals surface area contributed by atoms with E-state index in [-0.39, 0.29) is 0 Å². The molecule has 0 saturated carbocycles. The lowest BCUT2D eigenvalue weighted by Crippen LogP contribution is -1.97. The zero-order valence-corrected chi connectivity index (χ0v) is 55.0. The Labute approximate surface area is 597 Å². The van der Waals surface area contributed by atoms with Crippen LogP contribution in [-0.4, -0.2) is 0 Å². The monoisotopic (exact) mass is 1280 g/mol. The Balaban J connectivity index is 1.13. The van der Waals surface area contributed by atoms with Gasteiger partial charge in [-0.1, -0.05) is 223 Å². The number of fused-ring (bicyclic) bond motifs is 3. The molecule has 14 rings (SSSR count). The van der Waals surface area contributed by atoms with E-state index in [1.807, 2.05) is 109 Å². The van der Waals surface area contributed by atoms with Gasteiger partial charge in [0, 0.05) is 66.8 Å². The zero-order valence-electron chi connectivity index (χ0n) is 55.0. The normalized spacial score (nSPS) is 10.4. The van der Waals surface area contributed by atoms with Gasteiger partial charge in [-0.05, 0) is 235 Å². The molecule has 460 valence electrons. The van der Waals surface area contributed by atoms with Gasteiger partial charge in [-0.2, -0.15) is 0 Å². The average Bonchev–Trinajstić information content (AvgIpc) is 0.720. The van der Waals surface area contributed by atoms with Gasteiger partial charge in [-0.3, -0.25) is 0 Å². The van der Waals surface area contributed by atoms with Crippen molar-refractivity contribution in [2.75, 3.05) is 0 Å². The molecule has 0 aliphatic carbocycles. The summed E-state index contributed by atoms with van der Waals surface area (Å²) in [6.07, 6.45) is 75.5. The van der Waals surface area contributed by atoms with E-state index in [0.717, 1.165) is 144 Å². The van der Waals surface area contributed by atoms with Crippen LogP contribution in [0.3, 0.4) is 0 Å². The number of hydrogen-bond acceptors (Lipinski definition) is 0. The van der Waals surface area contributed by atoms with Crippen LogP contribution >= 0.6 is 0 Å². The number of rotatable bonds is 10. The molecule has 0 amide bonds. The molecule has 0 heteroatoms. The Bertz CT molecular complexity index is 6110. The highest BCUT2D eigenvalue weighted by atomic mass is 14.3. The van der Waals surface area contributed by atoms with Crippen LogP contribution in [0.1, 0.15) is 66.8 Å². The van der Waals surface area contributed by atoms with Crippen molar-refractivity contribution < 1.29 is 0 Å². The predicted molar refractivity (Wildman–Crippen MR) is 429 cm³/mol. The highest BCUT2D eigenvalue weighted by Crippen LogP contribution is 2.51. The maximum atomic E-state index is 6.45. The van der Waals surface area contributed by atoms with Crippen LogP contribution in [0.5, 0.6) is 0 Å². The Morgan fingerprint density at radius 1 is 0.157 bits per heavy atom. The Kier molecular flexibility index (Phi) is 16.9. The van der Waals surface area contributed by atoms with Crippen molar-refractivity contribution in [1.29, 1.82) is 0 Å². The predicted octanol–water partition coefficient (Wildman–Crippen LogP) is 21.6. The molecule has 0 spiro atoms. The Morgan fingerprint density at radius 3 is 0.716 bits per heavy atom. The second-order valence-corrected chi connectivity index (χ2v) is 24.2. The topological polar surface area (TPSA) is 0 Å². The molecule has 0 fully saturated rings. The minimum absolute atomic E-state index is 0.567. The molecule has 14 aromatic carbocycles. The first kappa shape index (κ1) is 63.9. The molecule has 0 heterocycles. The minimum atomic E-state index is 0.567. The van der Waals surface area contributed by atoms with Crippen LogP contribution in [-0.2, 0) is 0 Å². The summed E-state index contributed by atoms with van der Waals surface area (Å²) in [6, 6.07) is 81.9. The van der Waals surface area contributed by atoms with E-state index in [1.54, 1.807) is 0 Å². The van der Waals surface area contributed by atoms with Crippen LogP contribution in [0.2, 0.25) is 0 Å². The molecule has 0 atom stereocenters. The third-order valence-corrected chi connectivity index (χ3v) is 19.0. The lowest BCUT2D eigenvalue weighted by Gasteiger charge is -2.22. The van der Waals surface area contributed by atoms with Crippen molar-refractivity contribution in [2.24, 2.45) is 0 Å². The molecule has 0 unspecified atom stereocenters. The average molecular weight is 1280 g/mol.